The molecular formula is C29H23F2N5O2. The summed E-state index contributed by atoms with van der Waals surface area (Å²) in [5.41, 5.74) is 4.57. The molecule has 0 atom stereocenters. The van der Waals surface area contributed by atoms with Gasteiger partial charge >= 0.3 is 0 Å². The van der Waals surface area contributed by atoms with Crippen LogP contribution in [0.2, 0.25) is 0 Å². The zero-order valence-electron chi connectivity index (χ0n) is 20.7. The monoisotopic (exact) mass is 511 g/mol. The number of hydrogen-bond donors (Lipinski definition) is 1. The third-order valence-corrected chi connectivity index (χ3v) is 5.92. The minimum atomic E-state index is -0.697. The highest BCUT2D eigenvalue weighted by Gasteiger charge is 2.14. The Morgan fingerprint density at radius 3 is 2.47 bits per heavy atom. The van der Waals surface area contributed by atoms with Gasteiger partial charge < -0.3 is 10.1 Å². The van der Waals surface area contributed by atoms with Crippen LogP contribution in [0.15, 0.2) is 85.5 Å². The van der Waals surface area contributed by atoms with E-state index in [1.54, 1.807) is 60.5 Å². The van der Waals surface area contributed by atoms with Gasteiger partial charge in [-0.25, -0.2) is 8.78 Å². The molecule has 0 aliphatic heterocycles. The number of amides is 1. The molecule has 0 spiro atoms. The lowest BCUT2D eigenvalue weighted by Crippen LogP contribution is -2.23. The van der Waals surface area contributed by atoms with Crippen molar-refractivity contribution in [3.63, 3.8) is 0 Å². The second kappa shape index (κ2) is 10.6. The van der Waals surface area contributed by atoms with E-state index in [1.807, 2.05) is 25.4 Å². The lowest BCUT2D eigenvalue weighted by Gasteiger charge is -2.13. The highest BCUT2D eigenvalue weighted by atomic mass is 19.1. The summed E-state index contributed by atoms with van der Waals surface area (Å²) in [5, 5.41) is 6.87. The first kappa shape index (κ1) is 24.8. The van der Waals surface area contributed by atoms with Gasteiger partial charge in [0.15, 0.2) is 0 Å². The Labute approximate surface area is 217 Å². The average molecular weight is 512 g/mol. The predicted octanol–water partition coefficient (Wildman–Crippen LogP) is 5.85. The number of aromatic nitrogens is 4. The molecule has 5 aromatic rings. The largest absolute Gasteiger partial charge is 0.457 e. The van der Waals surface area contributed by atoms with Crippen LogP contribution in [0.5, 0.6) is 11.5 Å². The van der Waals surface area contributed by atoms with Gasteiger partial charge in [-0.15, -0.1) is 0 Å². The summed E-state index contributed by atoms with van der Waals surface area (Å²) in [6.45, 7) is 1.76. The first-order valence-electron chi connectivity index (χ1n) is 11.8. The molecule has 0 radical (unpaired) electrons. The van der Waals surface area contributed by atoms with Crippen LogP contribution < -0.4 is 10.1 Å². The van der Waals surface area contributed by atoms with E-state index in [1.165, 1.54) is 12.1 Å². The van der Waals surface area contributed by atoms with Crippen LogP contribution in [0, 0.1) is 18.6 Å². The van der Waals surface area contributed by atoms with Crippen molar-refractivity contribution in [2.45, 2.75) is 13.5 Å². The van der Waals surface area contributed by atoms with E-state index < -0.39 is 11.6 Å². The summed E-state index contributed by atoms with van der Waals surface area (Å²) in [6.07, 6.45) is 7.04. The van der Waals surface area contributed by atoms with E-state index >= 15 is 0 Å². The molecule has 2 aromatic carbocycles. The van der Waals surface area contributed by atoms with E-state index in [9.17, 15) is 13.6 Å². The molecule has 7 nitrogen and oxygen atoms in total. The smallest absolute Gasteiger partial charge is 0.251 e. The maximum Gasteiger partial charge on any atom is 0.251 e. The van der Waals surface area contributed by atoms with Crippen molar-refractivity contribution in [2.24, 2.45) is 7.05 Å². The third-order valence-electron chi connectivity index (χ3n) is 5.92. The van der Waals surface area contributed by atoms with E-state index in [0.29, 0.717) is 33.9 Å². The molecule has 0 saturated heterocycles. The Morgan fingerprint density at radius 1 is 0.947 bits per heavy atom. The minimum absolute atomic E-state index is 0.0145. The number of nitrogens with one attached hydrogen (secondary N) is 1. The Morgan fingerprint density at radius 2 is 1.76 bits per heavy atom. The van der Waals surface area contributed by atoms with Crippen LogP contribution in [-0.2, 0) is 13.6 Å². The maximum atomic E-state index is 13.4. The maximum absolute atomic E-state index is 13.4. The number of halogens is 2. The fourth-order valence-corrected chi connectivity index (χ4v) is 3.99. The van der Waals surface area contributed by atoms with Crippen LogP contribution >= 0.6 is 0 Å². The number of carbonyl (C=O) groups excluding carboxylic acids is 1. The number of ether oxygens (including phenoxy) is 1. The zero-order valence-corrected chi connectivity index (χ0v) is 20.7. The molecule has 38 heavy (non-hydrogen) atoms. The summed E-state index contributed by atoms with van der Waals surface area (Å²) in [4.78, 5) is 21.8. The van der Waals surface area contributed by atoms with Crippen LogP contribution in [0.25, 0.3) is 22.5 Å². The molecule has 3 aromatic heterocycles. The minimum Gasteiger partial charge on any atom is -0.457 e. The van der Waals surface area contributed by atoms with Gasteiger partial charge in [0.2, 0.25) is 0 Å². The van der Waals surface area contributed by atoms with Gasteiger partial charge in [0.05, 0.1) is 17.6 Å². The van der Waals surface area contributed by atoms with Gasteiger partial charge in [0.1, 0.15) is 23.1 Å². The highest BCUT2D eigenvalue weighted by Crippen LogP contribution is 2.30. The predicted molar refractivity (Wildman–Crippen MR) is 138 cm³/mol. The lowest BCUT2D eigenvalue weighted by atomic mass is 10.1. The number of hydrogen-bond acceptors (Lipinski definition) is 5. The Bertz CT molecular complexity index is 1600. The molecule has 1 N–H and O–H groups in total. The van der Waals surface area contributed by atoms with Gasteiger partial charge in [0, 0.05) is 66.6 Å². The molecule has 0 saturated carbocycles. The number of aryl methyl sites for hydroxylation is 1. The molecule has 0 aliphatic rings. The summed E-state index contributed by atoms with van der Waals surface area (Å²) >= 11 is 0. The first-order chi connectivity index (χ1) is 18.4. The quantitative estimate of drug-likeness (QED) is 0.296. The number of nitrogens with zero attached hydrogens (tertiary/aromatic N) is 4. The lowest BCUT2D eigenvalue weighted by molar-refractivity contribution is 0.0949. The molecule has 0 unspecified atom stereocenters. The van der Waals surface area contributed by atoms with Gasteiger partial charge in [-0.1, -0.05) is 6.07 Å². The summed E-state index contributed by atoms with van der Waals surface area (Å²) < 4.78 is 34.7. The molecule has 1 amide bonds. The van der Waals surface area contributed by atoms with Crippen molar-refractivity contribution in [3.05, 3.63) is 114 Å². The molecule has 0 bridgehead atoms. The molecule has 190 valence electrons. The normalized spacial score (nSPS) is 10.8. The molecule has 9 heteroatoms. The van der Waals surface area contributed by atoms with Crippen molar-refractivity contribution >= 4 is 5.91 Å². The Kier molecular flexibility index (Phi) is 6.90. The van der Waals surface area contributed by atoms with Crippen LogP contribution in [0.4, 0.5) is 8.78 Å². The molecule has 0 fully saturated rings. The van der Waals surface area contributed by atoms with Gasteiger partial charge in [-0.05, 0) is 55.0 Å². The first-order valence-corrected chi connectivity index (χ1v) is 11.8. The molecule has 3 heterocycles. The van der Waals surface area contributed by atoms with Crippen molar-refractivity contribution in [3.8, 4) is 34.0 Å². The molecular weight excluding hydrogens is 488 g/mol. The summed E-state index contributed by atoms with van der Waals surface area (Å²) in [5.74, 6) is -0.734. The van der Waals surface area contributed by atoms with Gasteiger partial charge in [0.25, 0.3) is 5.91 Å². The van der Waals surface area contributed by atoms with Crippen molar-refractivity contribution in [1.82, 2.24) is 25.1 Å². The van der Waals surface area contributed by atoms with E-state index in [2.05, 4.69) is 20.4 Å². The van der Waals surface area contributed by atoms with Crippen molar-refractivity contribution in [1.29, 1.82) is 0 Å². The highest BCUT2D eigenvalue weighted by molar-refractivity contribution is 5.96. The number of pyridine rings is 2. The van der Waals surface area contributed by atoms with Gasteiger partial charge in [-0.3, -0.25) is 19.4 Å². The van der Waals surface area contributed by atoms with E-state index in [4.69, 9.17) is 4.74 Å². The van der Waals surface area contributed by atoms with Crippen LogP contribution in [0.3, 0.4) is 0 Å². The van der Waals surface area contributed by atoms with Crippen LogP contribution in [-0.4, -0.2) is 25.7 Å². The fourth-order valence-electron chi connectivity index (χ4n) is 3.99. The Balaban J connectivity index is 1.30. The number of benzene rings is 2. The molecule has 5 rings (SSSR count). The number of rotatable bonds is 7. The average Bonchev–Trinajstić information content (AvgIpc) is 3.34. The third kappa shape index (κ3) is 5.57. The second-order valence-corrected chi connectivity index (χ2v) is 8.70. The fraction of sp³-hybridized carbons (Fsp3) is 0.103. The number of carbonyl (C=O) groups is 1. The van der Waals surface area contributed by atoms with Gasteiger partial charge in [-0.2, -0.15) is 5.10 Å². The Hall–Kier alpha value is -4.92. The summed E-state index contributed by atoms with van der Waals surface area (Å²) in [7, 11) is 1.85. The topological polar surface area (TPSA) is 81.9 Å². The van der Waals surface area contributed by atoms with Crippen LogP contribution in [0.1, 0.15) is 21.5 Å². The zero-order chi connectivity index (χ0) is 26.6. The van der Waals surface area contributed by atoms with E-state index in [0.717, 1.165) is 22.9 Å². The van der Waals surface area contributed by atoms with Crippen molar-refractivity contribution in [2.75, 3.05) is 0 Å². The molecule has 0 aliphatic carbocycles. The van der Waals surface area contributed by atoms with Crippen molar-refractivity contribution < 1.29 is 18.3 Å². The standard InChI is InChI=1S/C29H23F2N5O2/c1-18-25(29(37)34-14-19-10-22(30)12-23(31)11-19)4-3-5-28(18)38-24-8-9-32-27(13-24)20-6-7-26(33-15-20)21-16-35-36(2)17-21/h3-13,15-17H,14H2,1-2H3,(H,34,37). The SMILES string of the molecule is Cc1c(Oc2ccnc(-c3ccc(-c4cnn(C)c4)nc3)c2)cccc1C(=O)NCc1cc(F)cc(F)c1. The second-order valence-electron chi connectivity index (χ2n) is 8.70. The van der Waals surface area contributed by atoms with E-state index in [-0.39, 0.29) is 12.5 Å². The summed E-state index contributed by atoms with van der Waals surface area (Å²) in [6, 6.07) is 15.6.